The molecule has 3 rings (SSSR count). The van der Waals surface area contributed by atoms with Gasteiger partial charge in [0.2, 0.25) is 0 Å². The number of ether oxygens (including phenoxy) is 1. The number of benzene rings is 1. The van der Waals surface area contributed by atoms with E-state index in [9.17, 15) is 0 Å². The van der Waals surface area contributed by atoms with Crippen molar-refractivity contribution < 1.29 is 4.74 Å². The van der Waals surface area contributed by atoms with Gasteiger partial charge in [-0.15, -0.1) is 24.0 Å². The number of aliphatic imine (C=N–C) groups is 1. The minimum atomic E-state index is 0. The second-order valence-corrected chi connectivity index (χ2v) is 7.82. The Hall–Kier alpha value is -1.65. The molecule has 1 atom stereocenters. The second-order valence-electron chi connectivity index (χ2n) is 7.82. The average Bonchev–Trinajstić information content (AvgIpc) is 3.25. The van der Waals surface area contributed by atoms with E-state index < -0.39 is 0 Å². The van der Waals surface area contributed by atoms with Crippen molar-refractivity contribution >= 4 is 29.9 Å². The molecule has 0 saturated carbocycles. The molecule has 1 unspecified atom stereocenters. The van der Waals surface area contributed by atoms with Crippen molar-refractivity contribution in [1.29, 1.82) is 0 Å². The molecule has 0 spiro atoms. The van der Waals surface area contributed by atoms with Crippen LogP contribution >= 0.6 is 24.0 Å². The molecule has 2 N–H and O–H groups in total. The van der Waals surface area contributed by atoms with Crippen LogP contribution in [-0.4, -0.2) is 66.3 Å². The Kier molecular flexibility index (Phi) is 10.6. The molecular formula is C22H35IN6O. The summed E-state index contributed by atoms with van der Waals surface area (Å²) in [6.07, 6.45) is 5.62. The Morgan fingerprint density at radius 1 is 1.13 bits per heavy atom. The summed E-state index contributed by atoms with van der Waals surface area (Å²) in [5.74, 6) is 1.41. The van der Waals surface area contributed by atoms with Crippen molar-refractivity contribution in [3.8, 4) is 0 Å². The molecule has 8 heteroatoms. The second kappa shape index (κ2) is 12.9. The highest BCUT2D eigenvalue weighted by atomic mass is 127. The molecule has 0 bridgehead atoms. The largest absolute Gasteiger partial charge is 0.379 e. The topological polar surface area (TPSA) is 66.7 Å². The minimum absolute atomic E-state index is 0. The normalized spacial score (nSPS) is 16.2. The fourth-order valence-corrected chi connectivity index (χ4v) is 3.66. The maximum absolute atomic E-state index is 5.50. The molecule has 30 heavy (non-hydrogen) atoms. The molecule has 7 nitrogen and oxygen atoms in total. The molecule has 1 aromatic heterocycles. The van der Waals surface area contributed by atoms with Gasteiger partial charge < -0.3 is 19.9 Å². The first kappa shape index (κ1) is 24.6. The van der Waals surface area contributed by atoms with Crippen molar-refractivity contribution in [2.45, 2.75) is 33.0 Å². The predicted octanol–water partition coefficient (Wildman–Crippen LogP) is 2.57. The molecule has 1 fully saturated rings. The van der Waals surface area contributed by atoms with Crippen molar-refractivity contribution in [3.63, 3.8) is 0 Å². The molecule has 0 radical (unpaired) electrons. The smallest absolute Gasteiger partial charge is 0.191 e. The molecule has 1 aliphatic heterocycles. The van der Waals surface area contributed by atoms with Crippen LogP contribution in [0.25, 0.3) is 0 Å². The van der Waals surface area contributed by atoms with Gasteiger partial charge in [-0.25, -0.2) is 4.98 Å². The van der Waals surface area contributed by atoms with E-state index in [0.717, 1.165) is 51.9 Å². The fourth-order valence-electron chi connectivity index (χ4n) is 3.66. The summed E-state index contributed by atoms with van der Waals surface area (Å²) in [6.45, 7) is 10.7. The first-order chi connectivity index (χ1) is 14.2. The highest BCUT2D eigenvalue weighted by molar-refractivity contribution is 14.0. The third-order valence-corrected chi connectivity index (χ3v) is 5.39. The molecule has 166 valence electrons. The maximum Gasteiger partial charge on any atom is 0.191 e. The lowest BCUT2D eigenvalue weighted by atomic mass is 10.0. The number of nitrogens with one attached hydrogen (secondary N) is 2. The van der Waals surface area contributed by atoms with Gasteiger partial charge in [0, 0.05) is 58.2 Å². The van der Waals surface area contributed by atoms with Crippen molar-refractivity contribution in [2.75, 3.05) is 39.9 Å². The molecule has 0 amide bonds. The van der Waals surface area contributed by atoms with Gasteiger partial charge in [0.15, 0.2) is 5.96 Å². The van der Waals surface area contributed by atoms with E-state index in [4.69, 9.17) is 4.74 Å². The summed E-state index contributed by atoms with van der Waals surface area (Å²) in [6, 6.07) is 9.13. The van der Waals surface area contributed by atoms with Crippen molar-refractivity contribution in [2.24, 2.45) is 10.9 Å². The van der Waals surface area contributed by atoms with E-state index in [-0.39, 0.29) is 24.0 Å². The molecular weight excluding hydrogens is 491 g/mol. The highest BCUT2D eigenvalue weighted by Gasteiger charge is 2.23. The Bertz CT molecular complexity index is 741. The van der Waals surface area contributed by atoms with Gasteiger partial charge in [0.1, 0.15) is 0 Å². The summed E-state index contributed by atoms with van der Waals surface area (Å²) in [7, 11) is 1.82. The van der Waals surface area contributed by atoms with Crippen LogP contribution in [0.1, 0.15) is 25.0 Å². The van der Waals surface area contributed by atoms with Gasteiger partial charge in [-0.2, -0.15) is 0 Å². The number of aromatic nitrogens is 2. The summed E-state index contributed by atoms with van der Waals surface area (Å²) in [4.78, 5) is 11.0. The van der Waals surface area contributed by atoms with Crippen LogP contribution < -0.4 is 10.6 Å². The lowest BCUT2D eigenvalue weighted by molar-refractivity contribution is 0.00752. The number of imidazole rings is 1. The van der Waals surface area contributed by atoms with E-state index in [1.54, 1.807) is 6.20 Å². The zero-order valence-electron chi connectivity index (χ0n) is 18.3. The summed E-state index contributed by atoms with van der Waals surface area (Å²) in [5, 5.41) is 6.93. The monoisotopic (exact) mass is 526 g/mol. The SMILES string of the molecule is CN=C(NCc1ccc(Cn2ccnc2)cc1)NCC(C(C)C)N1CCOCC1.I. The quantitative estimate of drug-likeness (QED) is 0.315. The van der Waals surface area contributed by atoms with Gasteiger partial charge >= 0.3 is 0 Å². The van der Waals surface area contributed by atoms with Gasteiger partial charge in [-0.3, -0.25) is 9.89 Å². The van der Waals surface area contributed by atoms with E-state index in [2.05, 4.69) is 68.2 Å². The number of guanidine groups is 1. The average molecular weight is 526 g/mol. The van der Waals surface area contributed by atoms with Crippen LogP contribution in [0.3, 0.4) is 0 Å². The predicted molar refractivity (Wildman–Crippen MR) is 132 cm³/mol. The maximum atomic E-state index is 5.50. The van der Waals surface area contributed by atoms with E-state index >= 15 is 0 Å². The van der Waals surface area contributed by atoms with Gasteiger partial charge in [0.25, 0.3) is 0 Å². The number of hydrogen-bond acceptors (Lipinski definition) is 4. The van der Waals surface area contributed by atoms with Crippen LogP contribution in [0.4, 0.5) is 0 Å². The zero-order chi connectivity index (χ0) is 20.5. The Labute approximate surface area is 197 Å². The lowest BCUT2D eigenvalue weighted by Gasteiger charge is -2.37. The van der Waals surface area contributed by atoms with E-state index in [0.29, 0.717) is 12.0 Å². The summed E-state index contributed by atoms with van der Waals surface area (Å²) in [5.41, 5.74) is 2.50. The molecule has 0 aliphatic carbocycles. The number of nitrogens with zero attached hydrogens (tertiary/aromatic N) is 4. The van der Waals surface area contributed by atoms with Crippen LogP contribution in [0.5, 0.6) is 0 Å². The first-order valence-corrected chi connectivity index (χ1v) is 10.5. The van der Waals surface area contributed by atoms with Gasteiger partial charge in [-0.05, 0) is 17.0 Å². The summed E-state index contributed by atoms with van der Waals surface area (Å²) < 4.78 is 7.57. The number of halogens is 1. The van der Waals surface area contributed by atoms with Crippen LogP contribution in [0.15, 0.2) is 48.0 Å². The van der Waals surface area contributed by atoms with Gasteiger partial charge in [-0.1, -0.05) is 38.1 Å². The first-order valence-electron chi connectivity index (χ1n) is 10.5. The molecule has 2 aromatic rings. The van der Waals surface area contributed by atoms with Crippen LogP contribution in [-0.2, 0) is 17.8 Å². The van der Waals surface area contributed by atoms with Crippen LogP contribution in [0, 0.1) is 5.92 Å². The Morgan fingerprint density at radius 2 is 1.83 bits per heavy atom. The number of hydrogen-bond donors (Lipinski definition) is 2. The van der Waals surface area contributed by atoms with E-state index in [1.165, 1.54) is 11.1 Å². The van der Waals surface area contributed by atoms with Crippen LogP contribution in [0.2, 0.25) is 0 Å². The standard InChI is InChI=1S/C22H34N6O.HI/c1-18(2)21(28-10-12-29-13-11-28)15-26-22(23-3)25-14-19-4-6-20(7-5-19)16-27-9-8-24-17-27;/h4-9,17-18,21H,10-16H2,1-3H3,(H2,23,25,26);1H. The van der Waals surface area contributed by atoms with E-state index in [1.807, 2.05) is 19.6 Å². The number of morpholine rings is 1. The molecule has 1 aliphatic rings. The van der Waals surface area contributed by atoms with Gasteiger partial charge in [0.05, 0.1) is 19.5 Å². The zero-order valence-corrected chi connectivity index (χ0v) is 20.6. The molecule has 1 saturated heterocycles. The highest BCUT2D eigenvalue weighted by Crippen LogP contribution is 2.12. The Morgan fingerprint density at radius 3 is 2.43 bits per heavy atom. The Balaban J connectivity index is 0.00000320. The third kappa shape index (κ3) is 7.55. The van der Waals surface area contributed by atoms with Crippen molar-refractivity contribution in [1.82, 2.24) is 25.1 Å². The minimum Gasteiger partial charge on any atom is -0.379 e. The fraction of sp³-hybridized carbons (Fsp3) is 0.545. The molecule has 2 heterocycles. The lowest BCUT2D eigenvalue weighted by Crippen LogP contribution is -2.52. The van der Waals surface area contributed by atoms with Crippen molar-refractivity contribution in [3.05, 3.63) is 54.1 Å². The molecule has 1 aromatic carbocycles. The number of rotatable bonds is 8. The third-order valence-electron chi connectivity index (χ3n) is 5.39. The summed E-state index contributed by atoms with van der Waals surface area (Å²) >= 11 is 0.